The number of rotatable bonds is 7. The first kappa shape index (κ1) is 18.5. The van der Waals surface area contributed by atoms with Crippen LogP contribution in [0.25, 0.3) is 0 Å². The number of ether oxygens (including phenoxy) is 1. The zero-order chi connectivity index (χ0) is 19.1. The molecule has 0 radical (unpaired) electrons. The number of amides is 1. The molecule has 0 spiro atoms. The summed E-state index contributed by atoms with van der Waals surface area (Å²) < 4.78 is 5.71. The second-order valence-corrected chi connectivity index (χ2v) is 6.57. The maximum atomic E-state index is 12.0. The van der Waals surface area contributed by atoms with E-state index in [4.69, 9.17) is 10.5 Å². The first-order valence-electron chi connectivity index (χ1n) is 8.15. The molecule has 0 bridgehead atoms. The molecule has 1 aromatic heterocycles. The molecule has 0 atom stereocenters. The van der Waals surface area contributed by atoms with Crippen molar-refractivity contribution in [1.29, 1.82) is 0 Å². The Bertz CT molecular complexity index is 959. The normalized spacial score (nSPS) is 10.4. The average molecular weight is 382 g/mol. The van der Waals surface area contributed by atoms with Crippen LogP contribution < -0.4 is 21.3 Å². The lowest BCUT2D eigenvalue weighted by atomic mass is 10.2. The highest BCUT2D eigenvalue weighted by Crippen LogP contribution is 2.18. The van der Waals surface area contributed by atoms with Crippen molar-refractivity contribution in [3.05, 3.63) is 76.6 Å². The van der Waals surface area contributed by atoms with Crippen molar-refractivity contribution in [1.82, 2.24) is 9.97 Å². The number of aromatic amines is 1. The maximum absolute atomic E-state index is 12.0. The van der Waals surface area contributed by atoms with Crippen LogP contribution in [-0.4, -0.2) is 21.6 Å². The quantitative estimate of drug-likeness (QED) is 0.428. The number of nitrogens with zero attached hydrogens (tertiary/aromatic N) is 1. The lowest BCUT2D eigenvalue weighted by molar-refractivity contribution is -0.113. The number of hydrogen-bond donors (Lipinski definition) is 3. The summed E-state index contributed by atoms with van der Waals surface area (Å²) in [5, 5.41) is 3.08. The molecule has 2 aromatic carbocycles. The van der Waals surface area contributed by atoms with E-state index in [1.807, 2.05) is 30.3 Å². The topological polar surface area (TPSA) is 110 Å². The monoisotopic (exact) mass is 382 g/mol. The number of hydrogen-bond acceptors (Lipinski definition) is 6. The van der Waals surface area contributed by atoms with E-state index in [0.29, 0.717) is 23.2 Å². The summed E-state index contributed by atoms with van der Waals surface area (Å²) in [7, 11) is 0. The number of H-pyrrole nitrogens is 1. The molecule has 0 aliphatic rings. The van der Waals surface area contributed by atoms with Gasteiger partial charge in [-0.05, 0) is 29.8 Å². The van der Waals surface area contributed by atoms with Gasteiger partial charge in [-0.25, -0.2) is 4.98 Å². The molecule has 0 aliphatic heterocycles. The zero-order valence-corrected chi connectivity index (χ0v) is 15.2. The first-order valence-corrected chi connectivity index (χ1v) is 9.13. The third kappa shape index (κ3) is 5.89. The van der Waals surface area contributed by atoms with Crippen LogP contribution in [-0.2, 0) is 11.4 Å². The molecule has 0 fully saturated rings. The van der Waals surface area contributed by atoms with Gasteiger partial charge in [-0.3, -0.25) is 9.59 Å². The molecule has 27 heavy (non-hydrogen) atoms. The Balaban J connectivity index is 1.48. The highest BCUT2D eigenvalue weighted by atomic mass is 32.2. The molecule has 1 heterocycles. The fourth-order valence-electron chi connectivity index (χ4n) is 2.23. The second-order valence-electron chi connectivity index (χ2n) is 5.61. The Morgan fingerprint density at radius 1 is 1.15 bits per heavy atom. The lowest BCUT2D eigenvalue weighted by Gasteiger charge is -2.08. The van der Waals surface area contributed by atoms with Crippen LogP contribution in [0.2, 0.25) is 0 Å². The molecule has 8 heteroatoms. The largest absolute Gasteiger partial charge is 0.489 e. The SMILES string of the molecule is Nc1cc(=O)[nH]c(SCC(=O)Nc2ccc(OCc3ccccc3)cc2)n1. The summed E-state index contributed by atoms with van der Waals surface area (Å²) in [6.45, 7) is 0.481. The number of anilines is 2. The summed E-state index contributed by atoms with van der Waals surface area (Å²) in [5.74, 6) is 0.710. The van der Waals surface area contributed by atoms with Gasteiger partial charge < -0.3 is 20.8 Å². The van der Waals surface area contributed by atoms with E-state index in [1.165, 1.54) is 6.07 Å². The van der Waals surface area contributed by atoms with Gasteiger partial charge >= 0.3 is 0 Å². The average Bonchev–Trinajstić information content (AvgIpc) is 2.66. The Kier molecular flexibility index (Phi) is 6.11. The van der Waals surface area contributed by atoms with Gasteiger partial charge in [-0.15, -0.1) is 0 Å². The minimum Gasteiger partial charge on any atom is -0.489 e. The van der Waals surface area contributed by atoms with Crippen molar-refractivity contribution < 1.29 is 9.53 Å². The molecule has 4 N–H and O–H groups in total. The van der Waals surface area contributed by atoms with Crippen molar-refractivity contribution in [2.24, 2.45) is 0 Å². The summed E-state index contributed by atoms with van der Waals surface area (Å²) in [4.78, 5) is 29.8. The summed E-state index contributed by atoms with van der Waals surface area (Å²) >= 11 is 1.10. The standard InChI is InChI=1S/C19H18N4O3S/c20-16-10-17(24)23-19(22-16)27-12-18(25)21-14-6-8-15(9-7-14)26-11-13-4-2-1-3-5-13/h1-10H,11-12H2,(H,21,25)(H3,20,22,23,24). The molecule has 0 unspecified atom stereocenters. The Morgan fingerprint density at radius 3 is 2.59 bits per heavy atom. The van der Waals surface area contributed by atoms with Gasteiger partial charge in [0.15, 0.2) is 5.16 Å². The van der Waals surface area contributed by atoms with Gasteiger partial charge in [-0.2, -0.15) is 0 Å². The minimum atomic E-state index is -0.350. The van der Waals surface area contributed by atoms with Gasteiger partial charge in [0, 0.05) is 11.8 Å². The predicted octanol–water partition coefficient (Wildman–Crippen LogP) is 2.66. The van der Waals surface area contributed by atoms with Crippen molar-refractivity contribution in [3.8, 4) is 5.75 Å². The second kappa shape index (κ2) is 8.91. The van der Waals surface area contributed by atoms with Crippen LogP contribution >= 0.6 is 11.8 Å². The number of benzene rings is 2. The van der Waals surface area contributed by atoms with Crippen molar-refractivity contribution in [2.75, 3.05) is 16.8 Å². The fraction of sp³-hybridized carbons (Fsp3) is 0.105. The number of nitrogens with two attached hydrogens (primary N) is 1. The van der Waals surface area contributed by atoms with Crippen molar-refractivity contribution >= 4 is 29.2 Å². The summed E-state index contributed by atoms with van der Waals surface area (Å²) in [6, 6.07) is 18.2. The van der Waals surface area contributed by atoms with Gasteiger partial charge in [0.1, 0.15) is 18.2 Å². The third-order valence-electron chi connectivity index (χ3n) is 3.47. The predicted molar refractivity (Wildman–Crippen MR) is 106 cm³/mol. The van der Waals surface area contributed by atoms with Crippen LogP contribution in [0, 0.1) is 0 Å². The first-order chi connectivity index (χ1) is 13.1. The molecule has 3 rings (SSSR count). The Hall–Kier alpha value is -3.26. The molecule has 0 saturated carbocycles. The number of carbonyl (C=O) groups excluding carboxylic acids is 1. The zero-order valence-electron chi connectivity index (χ0n) is 14.3. The summed E-state index contributed by atoms with van der Waals surface area (Å²) in [6.07, 6.45) is 0. The highest BCUT2D eigenvalue weighted by Gasteiger charge is 2.06. The molecule has 0 saturated heterocycles. The smallest absolute Gasteiger partial charge is 0.253 e. The lowest BCUT2D eigenvalue weighted by Crippen LogP contribution is -2.15. The van der Waals surface area contributed by atoms with E-state index in [1.54, 1.807) is 24.3 Å². The molecule has 0 aliphatic carbocycles. The highest BCUT2D eigenvalue weighted by molar-refractivity contribution is 7.99. The number of nitrogen functional groups attached to an aromatic ring is 1. The van der Waals surface area contributed by atoms with Gasteiger partial charge in [0.25, 0.3) is 5.56 Å². The van der Waals surface area contributed by atoms with E-state index in [-0.39, 0.29) is 23.0 Å². The van der Waals surface area contributed by atoms with Crippen LogP contribution in [0.3, 0.4) is 0 Å². The van der Waals surface area contributed by atoms with Gasteiger partial charge in [-0.1, -0.05) is 42.1 Å². The van der Waals surface area contributed by atoms with Crippen molar-refractivity contribution in [2.45, 2.75) is 11.8 Å². The van der Waals surface area contributed by atoms with Gasteiger partial charge in [0.05, 0.1) is 5.75 Å². The van der Waals surface area contributed by atoms with Crippen LogP contribution in [0.4, 0.5) is 11.5 Å². The molecular formula is C19H18N4O3S. The molecule has 1 amide bonds. The van der Waals surface area contributed by atoms with E-state index in [9.17, 15) is 9.59 Å². The van der Waals surface area contributed by atoms with Crippen LogP contribution in [0.15, 0.2) is 70.6 Å². The fourth-order valence-corrected chi connectivity index (χ4v) is 2.91. The number of nitrogens with one attached hydrogen (secondary N) is 2. The third-order valence-corrected chi connectivity index (χ3v) is 4.34. The molecule has 7 nitrogen and oxygen atoms in total. The summed E-state index contributed by atoms with van der Waals surface area (Å²) in [5.41, 5.74) is 6.90. The van der Waals surface area contributed by atoms with E-state index >= 15 is 0 Å². The number of thioether (sulfide) groups is 1. The van der Waals surface area contributed by atoms with Gasteiger partial charge in [0.2, 0.25) is 5.91 Å². The van der Waals surface area contributed by atoms with Crippen LogP contribution in [0.5, 0.6) is 5.75 Å². The van der Waals surface area contributed by atoms with Crippen LogP contribution in [0.1, 0.15) is 5.56 Å². The Morgan fingerprint density at radius 2 is 1.89 bits per heavy atom. The maximum Gasteiger partial charge on any atom is 0.253 e. The van der Waals surface area contributed by atoms with E-state index in [2.05, 4.69) is 15.3 Å². The number of aromatic nitrogens is 2. The van der Waals surface area contributed by atoms with E-state index < -0.39 is 0 Å². The molecular weight excluding hydrogens is 364 g/mol. The molecule has 138 valence electrons. The van der Waals surface area contributed by atoms with Crippen molar-refractivity contribution in [3.63, 3.8) is 0 Å². The van der Waals surface area contributed by atoms with E-state index in [0.717, 1.165) is 17.3 Å². The number of carbonyl (C=O) groups is 1. The molecule has 3 aromatic rings. The Labute approximate surface area is 160 Å². The minimum absolute atomic E-state index is 0.0959.